The van der Waals surface area contributed by atoms with Gasteiger partial charge in [-0.15, -0.1) is 6.42 Å². The van der Waals surface area contributed by atoms with Gasteiger partial charge in [0.15, 0.2) is 11.5 Å². The Morgan fingerprint density at radius 3 is 2.81 bits per heavy atom. The molecule has 8 rings (SSSR count). The number of ether oxygens (including phenoxy) is 2. The number of nitrogens with zero attached hydrogens (tertiary/aromatic N) is 5. The van der Waals surface area contributed by atoms with E-state index in [-0.39, 0.29) is 17.4 Å². The molecule has 6 heterocycles. The maximum absolute atomic E-state index is 10.6. The third-order valence-electron chi connectivity index (χ3n) is 10.0. The predicted molar refractivity (Wildman–Crippen MR) is 166 cm³/mol. The summed E-state index contributed by atoms with van der Waals surface area (Å²) in [6, 6.07) is 12.1. The molecule has 2 N–H and O–H groups in total. The van der Waals surface area contributed by atoms with Gasteiger partial charge in [-0.05, 0) is 62.2 Å². The third-order valence-corrected chi connectivity index (χ3v) is 10.0. The van der Waals surface area contributed by atoms with Crippen LogP contribution in [0.4, 0.5) is 5.69 Å². The van der Waals surface area contributed by atoms with Crippen molar-refractivity contribution in [2.45, 2.75) is 55.8 Å². The highest BCUT2D eigenvalue weighted by molar-refractivity contribution is 6.01. The van der Waals surface area contributed by atoms with Gasteiger partial charge in [-0.25, -0.2) is 9.97 Å². The van der Waals surface area contributed by atoms with E-state index in [4.69, 9.17) is 30.8 Å². The molecule has 4 aliphatic heterocycles. The molecule has 2 bridgehead atoms. The number of rotatable bonds is 6. The fraction of sp³-hybridized carbons (Fsp3) is 0.441. The van der Waals surface area contributed by atoms with Gasteiger partial charge in [0.25, 0.3) is 0 Å². The lowest BCUT2D eigenvalue weighted by Gasteiger charge is -2.35. The highest BCUT2D eigenvalue weighted by Gasteiger charge is 2.49. The Labute approximate surface area is 251 Å². The number of phenolic OH excluding ortho intramolecular Hbond substituents is 1. The molecule has 4 aromatic rings. The average Bonchev–Trinajstić information content (AvgIpc) is 3.69. The molecule has 4 saturated heterocycles. The Balaban J connectivity index is 1.22. The molecule has 0 saturated carbocycles. The Hall–Kier alpha value is -3.97. The minimum atomic E-state index is -0.0193. The molecular formula is C34H36N6O3. The lowest BCUT2D eigenvalue weighted by Crippen LogP contribution is -2.51. The summed E-state index contributed by atoms with van der Waals surface area (Å²) in [4.78, 5) is 19.7. The summed E-state index contributed by atoms with van der Waals surface area (Å²) in [7, 11) is 1.80. The van der Waals surface area contributed by atoms with E-state index in [9.17, 15) is 5.11 Å². The van der Waals surface area contributed by atoms with Crippen LogP contribution in [0.3, 0.4) is 0 Å². The number of anilines is 1. The second kappa shape index (κ2) is 10.3. The van der Waals surface area contributed by atoms with Crippen LogP contribution in [-0.4, -0.2) is 88.6 Å². The van der Waals surface area contributed by atoms with Crippen molar-refractivity contribution in [2.24, 2.45) is 0 Å². The van der Waals surface area contributed by atoms with Crippen molar-refractivity contribution in [2.75, 3.05) is 44.8 Å². The van der Waals surface area contributed by atoms with E-state index in [1.165, 1.54) is 19.3 Å². The van der Waals surface area contributed by atoms with Gasteiger partial charge < -0.3 is 24.8 Å². The van der Waals surface area contributed by atoms with E-state index in [0.717, 1.165) is 66.4 Å². The minimum Gasteiger partial charge on any atom is -0.508 e. The number of nitrogens with one attached hydrogen (secondary N) is 1. The SMILES string of the molecule is C#Cc1cccc2cc(O)cc(-c3ncc4c(N5CC6CCC(C5)N6)cc(OC[C@@]56CCCN5C[C@H](OC)C6)nc4n3)c12. The zero-order chi connectivity index (χ0) is 29.1. The lowest BCUT2D eigenvalue weighted by molar-refractivity contribution is 0.101. The Morgan fingerprint density at radius 1 is 1.14 bits per heavy atom. The maximum Gasteiger partial charge on any atom is 0.217 e. The number of hydrogen-bond donors (Lipinski definition) is 2. The van der Waals surface area contributed by atoms with Crippen molar-refractivity contribution >= 4 is 27.5 Å². The van der Waals surface area contributed by atoms with E-state index in [0.29, 0.717) is 41.6 Å². The van der Waals surface area contributed by atoms with Crippen LogP contribution in [0, 0.1) is 12.3 Å². The van der Waals surface area contributed by atoms with Crippen LogP contribution >= 0.6 is 0 Å². The number of benzene rings is 2. The summed E-state index contributed by atoms with van der Waals surface area (Å²) in [6.45, 7) is 4.45. The minimum absolute atomic E-state index is 0.0193. The zero-order valence-corrected chi connectivity index (χ0v) is 24.4. The molecule has 0 aliphatic carbocycles. The first-order valence-corrected chi connectivity index (χ1v) is 15.3. The zero-order valence-electron chi connectivity index (χ0n) is 24.4. The van der Waals surface area contributed by atoms with Crippen LogP contribution in [-0.2, 0) is 4.74 Å². The van der Waals surface area contributed by atoms with Crippen molar-refractivity contribution in [3.63, 3.8) is 0 Å². The number of methoxy groups -OCH3 is 1. The van der Waals surface area contributed by atoms with Gasteiger partial charge in [0, 0.05) is 67.6 Å². The van der Waals surface area contributed by atoms with Gasteiger partial charge in [0.05, 0.1) is 22.7 Å². The number of piperazine rings is 1. The maximum atomic E-state index is 10.6. The summed E-state index contributed by atoms with van der Waals surface area (Å²) < 4.78 is 12.3. The summed E-state index contributed by atoms with van der Waals surface area (Å²) in [5.74, 6) is 3.95. The molecule has 9 nitrogen and oxygen atoms in total. The second-order valence-electron chi connectivity index (χ2n) is 12.6. The Morgan fingerprint density at radius 2 is 2.00 bits per heavy atom. The number of aromatic nitrogens is 3. The van der Waals surface area contributed by atoms with E-state index in [1.807, 2.05) is 24.4 Å². The number of hydrogen-bond acceptors (Lipinski definition) is 9. The van der Waals surface area contributed by atoms with Crippen LogP contribution in [0.2, 0.25) is 0 Å². The summed E-state index contributed by atoms with van der Waals surface area (Å²) in [6.07, 6.45) is 13.6. The summed E-state index contributed by atoms with van der Waals surface area (Å²) in [5, 5.41) is 16.9. The number of terminal acetylenes is 1. The van der Waals surface area contributed by atoms with E-state index < -0.39 is 0 Å². The monoisotopic (exact) mass is 576 g/mol. The molecule has 2 unspecified atom stereocenters. The molecule has 4 fully saturated rings. The van der Waals surface area contributed by atoms with E-state index in [2.05, 4.69) is 27.1 Å². The number of aromatic hydroxyl groups is 1. The standard InChI is InChI=1S/C34H36N6O3/c1-3-21-6-4-7-22-12-25(41)13-27(31(21)22)32-35-16-28-29(39-17-23-8-9-24(18-39)36-23)14-30(37-33(28)38-32)43-20-34-10-5-11-40(34)19-26(15-34)42-2/h1,4,6-7,12-14,16,23-24,26,36,41H,5,8-11,15,17-20H2,2H3/t23?,24?,26-,34+/m1/s1. The molecule has 4 atom stereocenters. The topological polar surface area (TPSA) is 95.9 Å². The van der Waals surface area contributed by atoms with Gasteiger partial charge in [-0.2, -0.15) is 4.98 Å². The van der Waals surface area contributed by atoms with Crippen LogP contribution < -0.4 is 15.0 Å². The van der Waals surface area contributed by atoms with Gasteiger partial charge in [0.1, 0.15) is 12.4 Å². The van der Waals surface area contributed by atoms with Gasteiger partial charge in [-0.3, -0.25) is 4.90 Å². The number of pyridine rings is 1. The van der Waals surface area contributed by atoms with Crippen LogP contribution in [0.25, 0.3) is 33.2 Å². The van der Waals surface area contributed by atoms with Crippen molar-refractivity contribution in [1.29, 1.82) is 0 Å². The molecule has 0 radical (unpaired) electrons. The molecule has 9 heteroatoms. The fourth-order valence-corrected chi connectivity index (χ4v) is 7.97. The van der Waals surface area contributed by atoms with Gasteiger partial charge >= 0.3 is 0 Å². The average molecular weight is 577 g/mol. The highest BCUT2D eigenvalue weighted by atomic mass is 16.5. The van der Waals surface area contributed by atoms with E-state index >= 15 is 0 Å². The molecular weight excluding hydrogens is 540 g/mol. The normalized spacial score (nSPS) is 26.7. The molecule has 0 spiro atoms. The Bertz CT molecular complexity index is 1760. The third kappa shape index (κ3) is 4.56. The first-order chi connectivity index (χ1) is 21.0. The van der Waals surface area contributed by atoms with Gasteiger partial charge in [0.2, 0.25) is 5.88 Å². The summed E-state index contributed by atoms with van der Waals surface area (Å²) >= 11 is 0. The first kappa shape index (κ1) is 26.6. The quantitative estimate of drug-likeness (QED) is 0.329. The van der Waals surface area contributed by atoms with Crippen molar-refractivity contribution < 1.29 is 14.6 Å². The fourth-order valence-electron chi connectivity index (χ4n) is 7.97. The highest BCUT2D eigenvalue weighted by Crippen LogP contribution is 2.41. The number of phenols is 1. The van der Waals surface area contributed by atoms with Crippen LogP contribution in [0.1, 0.15) is 37.7 Å². The van der Waals surface area contributed by atoms with Crippen LogP contribution in [0.5, 0.6) is 11.6 Å². The Kier molecular flexibility index (Phi) is 6.40. The second-order valence-corrected chi connectivity index (χ2v) is 12.6. The summed E-state index contributed by atoms with van der Waals surface area (Å²) in [5.41, 5.74) is 3.01. The van der Waals surface area contributed by atoms with Crippen molar-refractivity contribution in [3.8, 4) is 35.4 Å². The molecule has 4 aliphatic rings. The smallest absolute Gasteiger partial charge is 0.217 e. The van der Waals surface area contributed by atoms with Gasteiger partial charge in [-0.1, -0.05) is 18.1 Å². The molecule has 0 amide bonds. The number of fused-ring (bicyclic) bond motifs is 5. The largest absolute Gasteiger partial charge is 0.508 e. The van der Waals surface area contributed by atoms with Crippen molar-refractivity contribution in [1.82, 2.24) is 25.2 Å². The lowest BCUT2D eigenvalue weighted by atomic mass is 9.94. The van der Waals surface area contributed by atoms with E-state index in [1.54, 1.807) is 19.2 Å². The molecule has 2 aromatic heterocycles. The van der Waals surface area contributed by atoms with Crippen molar-refractivity contribution in [3.05, 3.63) is 48.2 Å². The molecule has 43 heavy (non-hydrogen) atoms. The van der Waals surface area contributed by atoms with Crippen LogP contribution in [0.15, 0.2) is 42.6 Å². The molecule has 220 valence electrons. The first-order valence-electron chi connectivity index (χ1n) is 15.3. The molecule has 2 aromatic carbocycles. The predicted octanol–water partition coefficient (Wildman–Crippen LogP) is 4.10.